The van der Waals surface area contributed by atoms with Crippen LogP contribution in [0.4, 0.5) is 0 Å². The number of aryl methyl sites for hydroxylation is 1. The van der Waals surface area contributed by atoms with Gasteiger partial charge in [0.2, 0.25) is 5.82 Å². The summed E-state index contributed by atoms with van der Waals surface area (Å²) in [6.45, 7) is 2.21. The van der Waals surface area contributed by atoms with E-state index in [-0.39, 0.29) is 12.6 Å². The largest absolute Gasteiger partial charge is 0.485 e. The minimum atomic E-state index is -0.0685. The molecule has 0 radical (unpaired) electrons. The number of nitrogens with two attached hydrogens (primary N) is 1. The van der Waals surface area contributed by atoms with E-state index in [0.29, 0.717) is 5.82 Å². The van der Waals surface area contributed by atoms with Crippen LogP contribution in [-0.4, -0.2) is 20.2 Å². The number of hydrogen-bond donors (Lipinski definition) is 1. The molecule has 2 aromatic rings. The van der Waals surface area contributed by atoms with Gasteiger partial charge in [-0.25, -0.2) is 0 Å². The summed E-state index contributed by atoms with van der Waals surface area (Å²) in [5.41, 5.74) is 6.83. The van der Waals surface area contributed by atoms with E-state index in [4.69, 9.17) is 10.5 Å². The summed E-state index contributed by atoms with van der Waals surface area (Å²) >= 11 is 0. The van der Waals surface area contributed by atoms with Crippen molar-refractivity contribution in [1.29, 1.82) is 0 Å². The van der Waals surface area contributed by atoms with Crippen LogP contribution in [-0.2, 0) is 13.7 Å². The summed E-state index contributed by atoms with van der Waals surface area (Å²) in [5, 5.41) is 11.6. The maximum absolute atomic E-state index is 5.86. The number of aromatic nitrogens is 4. The van der Waals surface area contributed by atoms with Gasteiger partial charge in [0.25, 0.3) is 0 Å². The maximum atomic E-state index is 5.86. The van der Waals surface area contributed by atoms with E-state index in [9.17, 15) is 0 Å². The summed E-state index contributed by atoms with van der Waals surface area (Å²) in [6.07, 6.45) is 0. The first-order valence-electron chi connectivity index (χ1n) is 5.37. The summed E-state index contributed by atoms with van der Waals surface area (Å²) in [4.78, 5) is 1.40. The fraction of sp³-hybridized carbons (Fsp3) is 0.364. The van der Waals surface area contributed by atoms with Gasteiger partial charge in [0.15, 0.2) is 6.61 Å². The van der Waals surface area contributed by atoms with Crippen molar-refractivity contribution in [3.05, 3.63) is 35.7 Å². The lowest BCUT2D eigenvalue weighted by Crippen LogP contribution is -2.08. The fourth-order valence-electron chi connectivity index (χ4n) is 1.51. The zero-order valence-electron chi connectivity index (χ0n) is 9.87. The zero-order valence-corrected chi connectivity index (χ0v) is 9.87. The Labute approximate surface area is 99.4 Å². The third-order valence-electron chi connectivity index (χ3n) is 2.32. The average Bonchev–Trinajstić information content (AvgIpc) is 2.73. The smallest absolute Gasteiger partial charge is 0.212 e. The predicted octanol–water partition coefficient (Wildman–Crippen LogP) is 0.809. The van der Waals surface area contributed by atoms with Gasteiger partial charge in [-0.05, 0) is 18.2 Å². The third-order valence-corrected chi connectivity index (χ3v) is 2.32. The van der Waals surface area contributed by atoms with Crippen LogP contribution in [0.1, 0.15) is 24.4 Å². The quantitative estimate of drug-likeness (QED) is 0.845. The summed E-state index contributed by atoms with van der Waals surface area (Å²) < 4.78 is 5.64. The Kier molecular flexibility index (Phi) is 3.34. The molecule has 0 unspecified atom stereocenters. The highest BCUT2D eigenvalue weighted by molar-refractivity contribution is 5.35. The second kappa shape index (κ2) is 4.92. The lowest BCUT2D eigenvalue weighted by Gasteiger charge is -2.12. The van der Waals surface area contributed by atoms with Crippen molar-refractivity contribution in [3.63, 3.8) is 0 Å². The molecule has 0 saturated carbocycles. The Morgan fingerprint density at radius 1 is 1.41 bits per heavy atom. The Morgan fingerprint density at radius 3 is 2.82 bits per heavy atom. The molecule has 6 heteroatoms. The van der Waals surface area contributed by atoms with E-state index >= 15 is 0 Å². The van der Waals surface area contributed by atoms with Crippen LogP contribution in [0.5, 0.6) is 5.75 Å². The van der Waals surface area contributed by atoms with Crippen molar-refractivity contribution in [2.75, 3.05) is 0 Å². The zero-order chi connectivity index (χ0) is 12.3. The molecule has 2 N–H and O–H groups in total. The molecule has 1 aromatic heterocycles. The first-order chi connectivity index (χ1) is 8.16. The van der Waals surface area contributed by atoms with Gasteiger partial charge < -0.3 is 10.5 Å². The topological polar surface area (TPSA) is 78.9 Å². The lowest BCUT2D eigenvalue weighted by molar-refractivity contribution is 0.291. The molecule has 0 aliphatic rings. The van der Waals surface area contributed by atoms with Gasteiger partial charge in [-0.1, -0.05) is 18.2 Å². The maximum Gasteiger partial charge on any atom is 0.212 e. The lowest BCUT2D eigenvalue weighted by atomic mass is 10.1. The molecular weight excluding hydrogens is 218 g/mol. The highest BCUT2D eigenvalue weighted by Crippen LogP contribution is 2.23. The van der Waals surface area contributed by atoms with E-state index in [1.807, 2.05) is 31.2 Å². The number of benzene rings is 1. The highest BCUT2D eigenvalue weighted by Gasteiger charge is 2.08. The van der Waals surface area contributed by atoms with Gasteiger partial charge in [-0.15, -0.1) is 10.2 Å². The van der Waals surface area contributed by atoms with Crippen molar-refractivity contribution in [2.45, 2.75) is 19.6 Å². The van der Waals surface area contributed by atoms with Crippen molar-refractivity contribution in [2.24, 2.45) is 12.8 Å². The second-order valence-electron chi connectivity index (χ2n) is 3.81. The van der Waals surface area contributed by atoms with Crippen LogP contribution < -0.4 is 10.5 Å². The van der Waals surface area contributed by atoms with Crippen LogP contribution in [0.3, 0.4) is 0 Å². The van der Waals surface area contributed by atoms with Crippen molar-refractivity contribution in [1.82, 2.24) is 20.2 Å². The molecule has 6 nitrogen and oxygen atoms in total. The highest BCUT2D eigenvalue weighted by atomic mass is 16.5. The Bertz CT molecular complexity index is 494. The van der Waals surface area contributed by atoms with Gasteiger partial charge in [-0.3, -0.25) is 0 Å². The van der Waals surface area contributed by atoms with E-state index < -0.39 is 0 Å². The van der Waals surface area contributed by atoms with Crippen LogP contribution in [0.15, 0.2) is 24.3 Å². The van der Waals surface area contributed by atoms with Gasteiger partial charge in [-0.2, -0.15) is 4.80 Å². The summed E-state index contributed by atoms with van der Waals surface area (Å²) in [7, 11) is 1.71. The number of rotatable bonds is 4. The fourth-order valence-corrected chi connectivity index (χ4v) is 1.51. The molecular formula is C11H15N5O. The molecule has 1 atom stereocenters. The first-order valence-corrected chi connectivity index (χ1v) is 5.37. The molecule has 17 heavy (non-hydrogen) atoms. The molecule has 0 aliphatic heterocycles. The number of tetrazole rings is 1. The van der Waals surface area contributed by atoms with E-state index in [1.54, 1.807) is 7.05 Å². The van der Waals surface area contributed by atoms with Gasteiger partial charge >= 0.3 is 0 Å². The number of ether oxygens (including phenoxy) is 1. The van der Waals surface area contributed by atoms with Crippen molar-refractivity contribution in [3.8, 4) is 5.75 Å². The van der Waals surface area contributed by atoms with E-state index in [2.05, 4.69) is 15.4 Å². The number of para-hydroxylation sites is 1. The standard InChI is InChI=1S/C11H15N5O/c1-8(12)9-5-3-4-6-10(9)17-7-11-13-15-16(2)14-11/h3-6,8H,7,12H2,1-2H3/t8-/m0/s1. The van der Waals surface area contributed by atoms with E-state index in [1.165, 1.54) is 4.80 Å². The van der Waals surface area contributed by atoms with Gasteiger partial charge in [0, 0.05) is 11.6 Å². The van der Waals surface area contributed by atoms with Crippen molar-refractivity contribution < 1.29 is 4.74 Å². The first kappa shape index (κ1) is 11.5. The molecule has 0 spiro atoms. The molecule has 0 aliphatic carbocycles. The molecule has 1 aromatic carbocycles. The summed E-state index contributed by atoms with van der Waals surface area (Å²) in [6, 6.07) is 7.61. The third kappa shape index (κ3) is 2.79. The molecule has 2 rings (SSSR count). The summed E-state index contributed by atoms with van der Waals surface area (Å²) in [5.74, 6) is 1.31. The molecule has 0 amide bonds. The molecule has 90 valence electrons. The number of hydrogen-bond acceptors (Lipinski definition) is 5. The van der Waals surface area contributed by atoms with Crippen LogP contribution >= 0.6 is 0 Å². The Balaban J connectivity index is 2.08. The van der Waals surface area contributed by atoms with Crippen LogP contribution in [0, 0.1) is 0 Å². The minimum Gasteiger partial charge on any atom is -0.485 e. The second-order valence-corrected chi connectivity index (χ2v) is 3.81. The van der Waals surface area contributed by atoms with Gasteiger partial charge in [0.05, 0.1) is 7.05 Å². The number of nitrogens with zero attached hydrogens (tertiary/aromatic N) is 4. The molecule has 0 fully saturated rings. The average molecular weight is 233 g/mol. The van der Waals surface area contributed by atoms with E-state index in [0.717, 1.165) is 11.3 Å². The molecule has 0 saturated heterocycles. The van der Waals surface area contributed by atoms with Gasteiger partial charge in [0.1, 0.15) is 5.75 Å². The Morgan fingerprint density at radius 2 is 2.18 bits per heavy atom. The Hall–Kier alpha value is -1.95. The minimum absolute atomic E-state index is 0.0685. The van der Waals surface area contributed by atoms with Crippen LogP contribution in [0.2, 0.25) is 0 Å². The monoisotopic (exact) mass is 233 g/mol. The van der Waals surface area contributed by atoms with Crippen molar-refractivity contribution >= 4 is 0 Å². The normalized spacial score (nSPS) is 12.4. The SMILES string of the molecule is C[C@H](N)c1ccccc1OCc1nnn(C)n1. The van der Waals surface area contributed by atoms with Crippen LogP contribution in [0.25, 0.3) is 0 Å². The predicted molar refractivity (Wildman–Crippen MR) is 62.2 cm³/mol. The molecule has 1 heterocycles. The molecule has 0 bridgehead atoms.